The topological polar surface area (TPSA) is 69.8 Å². The Morgan fingerprint density at radius 2 is 1.83 bits per heavy atom. The van der Waals surface area contributed by atoms with Crippen LogP contribution in [0.25, 0.3) is 10.9 Å². The summed E-state index contributed by atoms with van der Waals surface area (Å²) in [5.41, 5.74) is 2.03. The van der Waals surface area contributed by atoms with Crippen LogP contribution in [0.1, 0.15) is 31.2 Å². The van der Waals surface area contributed by atoms with E-state index in [1.54, 1.807) is 0 Å². The molecular weight excluding hydrogens is 404 g/mol. The Kier molecular flexibility index (Phi) is 8.02. The first-order chi connectivity index (χ1) is 14.1. The first kappa shape index (κ1) is 21.3. The van der Waals surface area contributed by atoms with Gasteiger partial charge in [-0.2, -0.15) is 0 Å². The zero-order valence-electron chi connectivity index (χ0n) is 16.2. The van der Waals surface area contributed by atoms with Crippen LogP contribution >= 0.6 is 23.8 Å². The van der Waals surface area contributed by atoms with Crippen LogP contribution in [0.4, 0.5) is 5.82 Å². The van der Waals surface area contributed by atoms with Gasteiger partial charge in [-0.15, -0.1) is 0 Å². The Balaban J connectivity index is 1.32. The molecule has 0 atom stereocenters. The SMILES string of the molecule is O=C(CCCCCNc1nc(=S)[nH]c2ccccc12)NCCc1ccccc1Cl. The number of carbonyl (C=O) groups is 1. The molecule has 0 bridgehead atoms. The van der Waals surface area contributed by atoms with Gasteiger partial charge in [-0.05, 0) is 55.2 Å². The molecule has 1 heterocycles. The van der Waals surface area contributed by atoms with E-state index in [1.165, 1.54) is 0 Å². The van der Waals surface area contributed by atoms with E-state index in [9.17, 15) is 4.79 Å². The molecule has 0 aliphatic heterocycles. The number of carbonyl (C=O) groups excluding carboxylic acids is 1. The molecule has 152 valence electrons. The standard InChI is InChI=1S/C22H25ClN4OS/c23-18-10-5-3-8-16(18)13-15-24-20(28)12-2-1-7-14-25-21-17-9-4-6-11-19(17)26-22(29)27-21/h3-6,8-11H,1-2,7,12-15H2,(H,24,28)(H2,25,26,27,29). The van der Waals surface area contributed by atoms with Crippen LogP contribution in [0.2, 0.25) is 5.02 Å². The Labute approximate surface area is 180 Å². The minimum absolute atomic E-state index is 0.0898. The van der Waals surface area contributed by atoms with Crippen LogP contribution in [-0.4, -0.2) is 29.0 Å². The molecule has 1 amide bonds. The maximum atomic E-state index is 12.0. The molecule has 0 saturated carbocycles. The lowest BCUT2D eigenvalue weighted by atomic mass is 10.1. The van der Waals surface area contributed by atoms with Crippen molar-refractivity contribution in [3.8, 4) is 0 Å². The molecule has 0 aliphatic carbocycles. The summed E-state index contributed by atoms with van der Waals surface area (Å²) in [7, 11) is 0. The number of fused-ring (bicyclic) bond motifs is 1. The first-order valence-electron chi connectivity index (χ1n) is 9.86. The van der Waals surface area contributed by atoms with Gasteiger partial charge in [-0.3, -0.25) is 4.79 Å². The largest absolute Gasteiger partial charge is 0.369 e. The fourth-order valence-electron chi connectivity index (χ4n) is 3.16. The number of rotatable bonds is 10. The van der Waals surface area contributed by atoms with Crippen molar-refractivity contribution in [3.63, 3.8) is 0 Å². The number of anilines is 1. The number of nitrogens with one attached hydrogen (secondary N) is 3. The van der Waals surface area contributed by atoms with Crippen molar-refractivity contribution in [2.45, 2.75) is 32.1 Å². The molecule has 1 aromatic heterocycles. The third-order valence-corrected chi connectivity index (χ3v) is 5.25. The zero-order chi connectivity index (χ0) is 20.5. The van der Waals surface area contributed by atoms with Gasteiger partial charge in [-0.1, -0.05) is 48.4 Å². The summed E-state index contributed by atoms with van der Waals surface area (Å²) in [6, 6.07) is 15.7. The van der Waals surface area contributed by atoms with E-state index in [0.717, 1.165) is 59.5 Å². The molecule has 0 saturated heterocycles. The number of hydrogen-bond donors (Lipinski definition) is 3. The molecule has 0 radical (unpaired) electrons. The molecule has 0 unspecified atom stereocenters. The van der Waals surface area contributed by atoms with Crippen LogP contribution < -0.4 is 10.6 Å². The normalized spacial score (nSPS) is 10.8. The van der Waals surface area contributed by atoms with E-state index in [4.69, 9.17) is 23.8 Å². The number of H-pyrrole nitrogens is 1. The Morgan fingerprint density at radius 1 is 1.03 bits per heavy atom. The quantitative estimate of drug-likeness (QED) is 0.303. The molecule has 29 heavy (non-hydrogen) atoms. The second-order valence-corrected chi connectivity index (χ2v) is 7.66. The van der Waals surface area contributed by atoms with Gasteiger partial charge in [0.15, 0.2) is 4.77 Å². The highest BCUT2D eigenvalue weighted by Gasteiger charge is 2.04. The van der Waals surface area contributed by atoms with E-state index in [2.05, 4.69) is 20.6 Å². The number of unbranched alkanes of at least 4 members (excludes halogenated alkanes) is 2. The molecule has 5 nitrogen and oxygen atoms in total. The summed E-state index contributed by atoms with van der Waals surface area (Å²) in [5, 5.41) is 8.10. The van der Waals surface area contributed by atoms with Crippen molar-refractivity contribution in [1.82, 2.24) is 15.3 Å². The predicted molar refractivity (Wildman–Crippen MR) is 122 cm³/mol. The number of benzene rings is 2. The second kappa shape index (κ2) is 10.9. The maximum absolute atomic E-state index is 12.0. The lowest BCUT2D eigenvalue weighted by molar-refractivity contribution is -0.121. The molecule has 0 fully saturated rings. The molecular formula is C22H25ClN4OS. The number of aromatic amines is 1. The minimum atomic E-state index is 0.0898. The molecule has 3 aromatic rings. The van der Waals surface area contributed by atoms with E-state index < -0.39 is 0 Å². The molecule has 0 aliphatic rings. The average molecular weight is 429 g/mol. The Morgan fingerprint density at radius 3 is 2.69 bits per heavy atom. The fourth-order valence-corrected chi connectivity index (χ4v) is 3.59. The Hall–Kier alpha value is -2.44. The average Bonchev–Trinajstić information content (AvgIpc) is 2.71. The highest BCUT2D eigenvalue weighted by Crippen LogP contribution is 2.19. The van der Waals surface area contributed by atoms with Gasteiger partial charge < -0.3 is 15.6 Å². The van der Waals surface area contributed by atoms with Crippen molar-refractivity contribution in [2.75, 3.05) is 18.4 Å². The van der Waals surface area contributed by atoms with Crippen LogP contribution in [0.3, 0.4) is 0 Å². The van der Waals surface area contributed by atoms with Crippen LogP contribution in [0, 0.1) is 4.77 Å². The van der Waals surface area contributed by atoms with Crippen molar-refractivity contribution in [1.29, 1.82) is 0 Å². The predicted octanol–water partition coefficient (Wildman–Crippen LogP) is 5.28. The third-order valence-electron chi connectivity index (χ3n) is 4.68. The molecule has 7 heteroatoms. The number of hydrogen-bond acceptors (Lipinski definition) is 4. The summed E-state index contributed by atoms with van der Waals surface area (Å²) < 4.78 is 0.472. The second-order valence-electron chi connectivity index (χ2n) is 6.86. The van der Waals surface area contributed by atoms with Gasteiger partial charge in [-0.25, -0.2) is 4.98 Å². The number of para-hydroxylation sites is 1. The van der Waals surface area contributed by atoms with Crippen molar-refractivity contribution >= 4 is 46.4 Å². The maximum Gasteiger partial charge on any atom is 0.220 e. The van der Waals surface area contributed by atoms with E-state index in [0.29, 0.717) is 17.7 Å². The van der Waals surface area contributed by atoms with Gasteiger partial charge in [0.25, 0.3) is 0 Å². The van der Waals surface area contributed by atoms with Crippen molar-refractivity contribution in [3.05, 3.63) is 63.9 Å². The van der Waals surface area contributed by atoms with E-state index >= 15 is 0 Å². The monoisotopic (exact) mass is 428 g/mol. The summed E-state index contributed by atoms with van der Waals surface area (Å²) >= 11 is 11.3. The van der Waals surface area contributed by atoms with Gasteiger partial charge in [0.1, 0.15) is 5.82 Å². The van der Waals surface area contributed by atoms with E-state index in [1.807, 2.05) is 48.5 Å². The van der Waals surface area contributed by atoms with Crippen LogP contribution in [0.15, 0.2) is 48.5 Å². The highest BCUT2D eigenvalue weighted by atomic mass is 35.5. The Bertz CT molecular complexity index is 1020. The highest BCUT2D eigenvalue weighted by molar-refractivity contribution is 7.71. The van der Waals surface area contributed by atoms with Gasteiger partial charge in [0.05, 0.1) is 5.52 Å². The number of halogens is 1. The number of aromatic nitrogens is 2. The van der Waals surface area contributed by atoms with Gasteiger partial charge in [0.2, 0.25) is 5.91 Å². The van der Waals surface area contributed by atoms with Gasteiger partial charge in [0, 0.05) is 29.9 Å². The van der Waals surface area contributed by atoms with Crippen LogP contribution in [-0.2, 0) is 11.2 Å². The summed E-state index contributed by atoms with van der Waals surface area (Å²) in [5.74, 6) is 0.897. The molecule has 0 spiro atoms. The first-order valence-corrected chi connectivity index (χ1v) is 10.6. The zero-order valence-corrected chi connectivity index (χ0v) is 17.8. The smallest absolute Gasteiger partial charge is 0.220 e. The minimum Gasteiger partial charge on any atom is -0.369 e. The van der Waals surface area contributed by atoms with Crippen molar-refractivity contribution < 1.29 is 4.79 Å². The third kappa shape index (κ3) is 6.54. The number of amides is 1. The summed E-state index contributed by atoms with van der Waals surface area (Å²) in [4.78, 5) is 19.5. The summed E-state index contributed by atoms with van der Waals surface area (Å²) in [6.45, 7) is 1.40. The lowest BCUT2D eigenvalue weighted by Crippen LogP contribution is -2.25. The van der Waals surface area contributed by atoms with Crippen LogP contribution in [0.5, 0.6) is 0 Å². The fraction of sp³-hybridized carbons (Fsp3) is 0.318. The lowest BCUT2D eigenvalue weighted by Gasteiger charge is -2.09. The summed E-state index contributed by atoms with van der Waals surface area (Å²) in [6.07, 6.45) is 4.09. The molecule has 3 N–H and O–H groups in total. The molecule has 3 rings (SSSR count). The number of nitrogens with zero attached hydrogens (tertiary/aromatic N) is 1. The van der Waals surface area contributed by atoms with E-state index in [-0.39, 0.29) is 5.91 Å². The van der Waals surface area contributed by atoms with Crippen molar-refractivity contribution in [2.24, 2.45) is 0 Å². The molecule has 2 aromatic carbocycles. The van der Waals surface area contributed by atoms with Gasteiger partial charge >= 0.3 is 0 Å².